The fraction of sp³-hybridized carbons (Fsp3) is 0. The van der Waals surface area contributed by atoms with Crippen LogP contribution < -0.4 is 5.73 Å². The minimum absolute atomic E-state index is 0. The molecule has 0 aliphatic heterocycles. The van der Waals surface area contributed by atoms with Crippen molar-refractivity contribution in [1.82, 2.24) is 9.97 Å². The molecule has 0 fully saturated rings. The number of halogens is 3. The molecule has 52 heavy (non-hydrogen) atoms. The number of aromatic nitrogens is 2. The summed E-state index contributed by atoms with van der Waals surface area (Å²) in [6, 6.07) is 56.9. The largest absolute Gasteiger partial charge is 0.384 e. The van der Waals surface area contributed by atoms with Crippen LogP contribution in [-0.2, 0) is 0 Å². The number of carbonyl (C=O) groups excluding carboxylic acids is 1. The number of rotatable bonds is 7. The lowest BCUT2D eigenvalue weighted by Crippen LogP contribution is -2.10. The van der Waals surface area contributed by atoms with E-state index < -0.39 is 0 Å². The van der Waals surface area contributed by atoms with Gasteiger partial charge in [-0.1, -0.05) is 184 Å². The van der Waals surface area contributed by atoms with Crippen LogP contribution in [0.4, 0.5) is 0 Å². The van der Waals surface area contributed by atoms with Crippen molar-refractivity contribution in [2.75, 3.05) is 0 Å². The second-order valence-electron chi connectivity index (χ2n) is 11.1. The topological polar surface area (TPSA) is 92.7 Å². The summed E-state index contributed by atoms with van der Waals surface area (Å²) in [7, 11) is 0. The van der Waals surface area contributed by atoms with E-state index in [4.69, 9.17) is 21.1 Å². The maximum absolute atomic E-state index is 11.9. The van der Waals surface area contributed by atoms with Crippen molar-refractivity contribution in [2.24, 2.45) is 5.73 Å². The Morgan fingerprint density at radius 2 is 1.00 bits per heavy atom. The summed E-state index contributed by atoms with van der Waals surface area (Å²) in [6.07, 6.45) is 3.42. The molecule has 0 amide bonds. The van der Waals surface area contributed by atoms with Gasteiger partial charge in [0.05, 0.1) is 11.4 Å². The first kappa shape index (κ1) is 39.3. The SMILES string of the molecule is Brc1cccc(-c2cc(-c3ccccc3)nc(-c3ccccc3)n2)c1.Cl.N=C(N)c1ccccc1.O=C(/C=C/c1ccccc1)c1cccc(Br)c1. The normalized spacial score (nSPS) is 10.1. The number of nitrogens with one attached hydrogen (secondary N) is 1. The van der Waals surface area contributed by atoms with E-state index in [2.05, 4.69) is 56.1 Å². The van der Waals surface area contributed by atoms with E-state index in [1.807, 2.05) is 158 Å². The summed E-state index contributed by atoms with van der Waals surface area (Å²) >= 11 is 6.89. The highest BCUT2D eigenvalue weighted by Crippen LogP contribution is 2.28. The average Bonchev–Trinajstić information content (AvgIpc) is 3.19. The van der Waals surface area contributed by atoms with Crippen LogP contribution in [0.15, 0.2) is 191 Å². The zero-order chi connectivity index (χ0) is 35.8. The number of benzene rings is 6. The molecule has 6 aromatic carbocycles. The van der Waals surface area contributed by atoms with E-state index in [0.717, 1.165) is 54.0 Å². The van der Waals surface area contributed by atoms with Gasteiger partial charge in [0.25, 0.3) is 0 Å². The maximum Gasteiger partial charge on any atom is 0.185 e. The van der Waals surface area contributed by atoms with Crippen molar-refractivity contribution >= 4 is 62.0 Å². The van der Waals surface area contributed by atoms with Crippen molar-refractivity contribution in [2.45, 2.75) is 0 Å². The maximum atomic E-state index is 11.9. The van der Waals surface area contributed by atoms with Gasteiger partial charge in [-0.15, -0.1) is 12.4 Å². The lowest BCUT2D eigenvalue weighted by Gasteiger charge is -2.09. The van der Waals surface area contributed by atoms with E-state index in [0.29, 0.717) is 5.56 Å². The van der Waals surface area contributed by atoms with Gasteiger partial charge in [-0.2, -0.15) is 0 Å². The van der Waals surface area contributed by atoms with Gasteiger partial charge in [-0.05, 0) is 42.0 Å². The summed E-state index contributed by atoms with van der Waals surface area (Å²) in [5.74, 6) is 0.864. The van der Waals surface area contributed by atoms with Gasteiger partial charge in [0.15, 0.2) is 11.6 Å². The minimum atomic E-state index is 0. The molecule has 0 radical (unpaired) electrons. The van der Waals surface area contributed by atoms with Crippen LogP contribution in [0.5, 0.6) is 0 Å². The predicted molar refractivity (Wildman–Crippen MR) is 225 cm³/mol. The highest BCUT2D eigenvalue weighted by atomic mass is 79.9. The molecular weight excluding hydrogens is 796 g/mol. The average molecular weight is 831 g/mol. The Morgan fingerprint density at radius 1 is 0.538 bits per heavy atom. The summed E-state index contributed by atoms with van der Waals surface area (Å²) in [6.45, 7) is 0. The van der Waals surface area contributed by atoms with Gasteiger partial charge in [-0.25, -0.2) is 9.97 Å². The number of ketones is 1. The summed E-state index contributed by atoms with van der Waals surface area (Å²) < 4.78 is 1.95. The monoisotopic (exact) mass is 828 g/mol. The number of nitrogens with two attached hydrogens (primary N) is 1. The fourth-order valence-corrected chi connectivity index (χ4v) is 5.61. The van der Waals surface area contributed by atoms with Crippen LogP contribution >= 0.6 is 44.3 Å². The predicted octanol–water partition coefficient (Wildman–Crippen LogP) is 12.0. The number of allylic oxidation sites excluding steroid dienone is 1. The second-order valence-corrected chi connectivity index (χ2v) is 12.9. The van der Waals surface area contributed by atoms with Crippen molar-refractivity contribution in [3.8, 4) is 33.9 Å². The summed E-state index contributed by atoms with van der Waals surface area (Å²) in [5, 5.41) is 7.01. The van der Waals surface area contributed by atoms with E-state index in [-0.39, 0.29) is 24.0 Å². The number of amidine groups is 1. The number of hydrogen-bond acceptors (Lipinski definition) is 4. The molecule has 0 unspecified atom stereocenters. The third-order valence-electron chi connectivity index (χ3n) is 7.37. The molecule has 0 aliphatic carbocycles. The van der Waals surface area contributed by atoms with Crippen molar-refractivity contribution in [3.05, 3.63) is 208 Å². The van der Waals surface area contributed by atoms with Gasteiger partial charge < -0.3 is 5.73 Å². The second kappa shape index (κ2) is 20.4. The van der Waals surface area contributed by atoms with Gasteiger partial charge in [0.1, 0.15) is 5.84 Å². The van der Waals surface area contributed by atoms with E-state index in [9.17, 15) is 4.79 Å². The number of carbonyl (C=O) groups is 1. The van der Waals surface area contributed by atoms with Gasteiger partial charge >= 0.3 is 0 Å². The van der Waals surface area contributed by atoms with Crippen LogP contribution in [0, 0.1) is 5.41 Å². The Bertz CT molecular complexity index is 2160. The number of nitrogen functional groups attached to an aromatic ring is 1. The van der Waals surface area contributed by atoms with Gasteiger partial charge in [0, 0.05) is 36.8 Å². The molecule has 258 valence electrons. The van der Waals surface area contributed by atoms with Crippen LogP contribution in [0.1, 0.15) is 21.5 Å². The lowest BCUT2D eigenvalue weighted by atomic mass is 10.1. The molecule has 0 aliphatic rings. The molecule has 1 aromatic heterocycles. The van der Waals surface area contributed by atoms with E-state index in [1.165, 1.54) is 0 Å². The van der Waals surface area contributed by atoms with Crippen LogP contribution in [0.3, 0.4) is 0 Å². The zero-order valence-corrected chi connectivity index (χ0v) is 31.9. The molecule has 8 heteroatoms. The summed E-state index contributed by atoms with van der Waals surface area (Å²) in [5.41, 5.74) is 12.7. The Balaban J connectivity index is 0.000000194. The van der Waals surface area contributed by atoms with Crippen LogP contribution in [-0.4, -0.2) is 21.6 Å². The number of hydrogen-bond donors (Lipinski definition) is 2. The molecular formula is C44H35Br2ClN4O. The Hall–Kier alpha value is -5.47. The molecule has 0 saturated carbocycles. The molecule has 7 aromatic rings. The molecule has 3 N–H and O–H groups in total. The third-order valence-corrected chi connectivity index (χ3v) is 8.36. The highest BCUT2D eigenvalue weighted by Gasteiger charge is 2.10. The first-order valence-corrected chi connectivity index (χ1v) is 17.6. The van der Waals surface area contributed by atoms with Gasteiger partial charge in [0.2, 0.25) is 0 Å². The standard InChI is InChI=1S/C22H15BrN2.C15H11BrO.C7H8N2.ClH/c23-19-13-7-12-18(14-19)21-15-20(16-8-3-1-4-9-16)24-22(25-21)17-10-5-2-6-11-17;16-14-8-4-7-13(11-14)15(17)10-9-12-5-2-1-3-6-12;8-7(9)6-4-2-1-3-5-6;/h1-15H;1-11H;1-5H,(H3,8,9);1H/b;10-9+;;. The van der Waals surface area contributed by atoms with E-state index in [1.54, 1.807) is 6.08 Å². The molecule has 7 rings (SSSR count). The van der Waals surface area contributed by atoms with Crippen molar-refractivity contribution in [1.29, 1.82) is 5.41 Å². The van der Waals surface area contributed by atoms with Crippen LogP contribution in [0.2, 0.25) is 0 Å². The summed E-state index contributed by atoms with van der Waals surface area (Å²) in [4.78, 5) is 21.5. The third kappa shape index (κ3) is 12.1. The Labute approximate surface area is 327 Å². The smallest absolute Gasteiger partial charge is 0.185 e. The zero-order valence-electron chi connectivity index (χ0n) is 27.9. The van der Waals surface area contributed by atoms with Crippen molar-refractivity contribution in [3.63, 3.8) is 0 Å². The molecule has 5 nitrogen and oxygen atoms in total. The first-order chi connectivity index (χ1) is 24.9. The highest BCUT2D eigenvalue weighted by molar-refractivity contribution is 9.10. The van der Waals surface area contributed by atoms with Crippen molar-refractivity contribution < 1.29 is 4.79 Å². The quantitative estimate of drug-likeness (QED) is 0.0724. The minimum Gasteiger partial charge on any atom is -0.384 e. The van der Waals surface area contributed by atoms with Crippen LogP contribution in [0.25, 0.3) is 40.0 Å². The molecule has 0 bridgehead atoms. The molecule has 0 atom stereocenters. The first-order valence-electron chi connectivity index (χ1n) is 16.0. The van der Waals surface area contributed by atoms with E-state index >= 15 is 0 Å². The molecule has 1 heterocycles. The molecule has 0 spiro atoms. The number of nitrogens with zero attached hydrogens (tertiary/aromatic N) is 2. The Kier molecular flexibility index (Phi) is 15.4. The molecule has 0 saturated heterocycles. The fourth-order valence-electron chi connectivity index (χ4n) is 4.81. The Morgan fingerprint density at radius 3 is 1.54 bits per heavy atom. The van der Waals surface area contributed by atoms with Gasteiger partial charge in [-0.3, -0.25) is 10.2 Å². The lowest BCUT2D eigenvalue weighted by molar-refractivity contribution is 0.104.